The molecule has 1 heterocycles. The van der Waals surface area contributed by atoms with E-state index in [1.165, 1.54) is 9.75 Å². The molecule has 128 valence electrons. The van der Waals surface area contributed by atoms with E-state index in [4.69, 9.17) is 5.11 Å². The van der Waals surface area contributed by atoms with E-state index in [1.54, 1.807) is 11.3 Å². The number of hydrogen-bond acceptors (Lipinski definition) is 3. The highest BCUT2D eigenvalue weighted by molar-refractivity contribution is 7.12. The highest BCUT2D eigenvalue weighted by atomic mass is 32.1. The van der Waals surface area contributed by atoms with Crippen molar-refractivity contribution in [1.29, 1.82) is 0 Å². The summed E-state index contributed by atoms with van der Waals surface area (Å²) in [5, 5.41) is 18.3. The lowest BCUT2D eigenvalue weighted by Crippen LogP contribution is -2.16. The number of hydrogen-bond donors (Lipinski definition) is 2. The fourth-order valence-corrected chi connectivity index (χ4v) is 5.30. The quantitative estimate of drug-likeness (QED) is 0.839. The Balaban J connectivity index is 2.57. The molecule has 0 fully saturated rings. The van der Waals surface area contributed by atoms with Gasteiger partial charge >= 0.3 is 11.9 Å². The Hall–Kier alpha value is -1.36. The molecule has 1 atom stereocenters. The summed E-state index contributed by atoms with van der Waals surface area (Å²) in [6.45, 7) is 10.7. The van der Waals surface area contributed by atoms with E-state index < -0.39 is 11.9 Å². The van der Waals surface area contributed by atoms with Gasteiger partial charge in [0.15, 0.2) is 0 Å². The first-order chi connectivity index (χ1) is 10.4. The van der Waals surface area contributed by atoms with E-state index in [2.05, 4.69) is 34.6 Å². The van der Waals surface area contributed by atoms with Gasteiger partial charge in [0.05, 0.1) is 6.42 Å². The van der Waals surface area contributed by atoms with E-state index in [1.807, 2.05) is 0 Å². The van der Waals surface area contributed by atoms with Crippen molar-refractivity contribution in [2.45, 2.75) is 77.0 Å². The average molecular weight is 338 g/mol. The van der Waals surface area contributed by atoms with Crippen LogP contribution in [0.2, 0.25) is 0 Å². The van der Waals surface area contributed by atoms with Gasteiger partial charge < -0.3 is 10.2 Å². The molecule has 0 radical (unpaired) electrons. The molecule has 0 aliphatic heterocycles. The Bertz CT molecular complexity index is 633. The van der Waals surface area contributed by atoms with E-state index >= 15 is 0 Å². The third-order valence-electron chi connectivity index (χ3n) is 4.52. The van der Waals surface area contributed by atoms with Gasteiger partial charge in [-0.15, -0.1) is 11.3 Å². The van der Waals surface area contributed by atoms with Crippen molar-refractivity contribution in [3.63, 3.8) is 0 Å². The van der Waals surface area contributed by atoms with Crippen molar-refractivity contribution < 1.29 is 19.8 Å². The van der Waals surface area contributed by atoms with Crippen molar-refractivity contribution in [2.24, 2.45) is 0 Å². The maximum Gasteiger partial charge on any atom is 0.303 e. The first kappa shape index (κ1) is 18.0. The maximum atomic E-state index is 11.3. The minimum Gasteiger partial charge on any atom is -0.481 e. The summed E-state index contributed by atoms with van der Waals surface area (Å²) in [7, 11) is 0. The number of carbonyl (C=O) groups is 2. The molecule has 4 nitrogen and oxygen atoms in total. The molecule has 23 heavy (non-hydrogen) atoms. The highest BCUT2D eigenvalue weighted by Gasteiger charge is 2.43. The van der Waals surface area contributed by atoms with Crippen molar-refractivity contribution in [3.05, 3.63) is 20.9 Å². The molecular formula is C18H26O4S. The zero-order valence-electron chi connectivity index (χ0n) is 14.5. The zero-order valence-corrected chi connectivity index (χ0v) is 15.3. The summed E-state index contributed by atoms with van der Waals surface area (Å²) in [6.07, 6.45) is 1.52. The molecule has 1 aromatic heterocycles. The third kappa shape index (κ3) is 3.60. The van der Waals surface area contributed by atoms with Gasteiger partial charge in [0.2, 0.25) is 0 Å². The Morgan fingerprint density at radius 1 is 1.22 bits per heavy atom. The van der Waals surface area contributed by atoms with Crippen LogP contribution in [0.4, 0.5) is 0 Å². The van der Waals surface area contributed by atoms with Crippen molar-refractivity contribution >= 4 is 23.3 Å². The molecule has 0 saturated carbocycles. The summed E-state index contributed by atoms with van der Waals surface area (Å²) in [5.74, 6) is -1.60. The molecule has 0 saturated heterocycles. The van der Waals surface area contributed by atoms with Gasteiger partial charge in [-0.3, -0.25) is 9.59 Å². The average Bonchev–Trinajstić information content (AvgIpc) is 2.83. The largest absolute Gasteiger partial charge is 0.481 e. The molecule has 2 N–H and O–H groups in total. The number of fused-ring (bicyclic) bond motifs is 1. The molecule has 1 aromatic rings. The van der Waals surface area contributed by atoms with Crippen LogP contribution < -0.4 is 0 Å². The van der Waals surface area contributed by atoms with Crippen molar-refractivity contribution in [3.8, 4) is 0 Å². The van der Waals surface area contributed by atoms with Gasteiger partial charge in [0, 0.05) is 16.2 Å². The number of carboxylic acid groups (broad SMARTS) is 2. The van der Waals surface area contributed by atoms with Gasteiger partial charge in [-0.1, -0.05) is 34.6 Å². The summed E-state index contributed by atoms with van der Waals surface area (Å²) >= 11 is 1.76. The number of carboxylic acids is 2. The van der Waals surface area contributed by atoms with Crippen LogP contribution in [0.5, 0.6) is 0 Å². The fraction of sp³-hybridized carbons (Fsp3) is 0.667. The Kier molecular flexibility index (Phi) is 4.64. The zero-order chi connectivity index (χ0) is 17.6. The molecule has 1 aliphatic carbocycles. The number of thiophene rings is 1. The molecule has 1 unspecified atom stereocenters. The summed E-state index contributed by atoms with van der Waals surface area (Å²) in [5.41, 5.74) is 2.12. The minimum atomic E-state index is -0.808. The predicted molar refractivity (Wildman–Crippen MR) is 91.6 cm³/mol. The maximum absolute atomic E-state index is 11.3. The van der Waals surface area contributed by atoms with Gasteiger partial charge in [0.1, 0.15) is 0 Å². The number of rotatable bonds is 5. The Morgan fingerprint density at radius 2 is 1.83 bits per heavy atom. The minimum absolute atomic E-state index is 0.00588. The van der Waals surface area contributed by atoms with Crippen LogP contribution in [0.1, 0.15) is 80.7 Å². The van der Waals surface area contributed by atoms with Crippen molar-refractivity contribution in [2.75, 3.05) is 0 Å². The van der Waals surface area contributed by atoms with Gasteiger partial charge in [0.25, 0.3) is 0 Å². The monoisotopic (exact) mass is 338 g/mol. The van der Waals surface area contributed by atoms with E-state index in [9.17, 15) is 14.7 Å². The van der Waals surface area contributed by atoms with Crippen LogP contribution in [0.25, 0.3) is 0 Å². The van der Waals surface area contributed by atoms with Crippen LogP contribution in [-0.2, 0) is 26.8 Å². The summed E-state index contributed by atoms with van der Waals surface area (Å²) < 4.78 is 0. The molecule has 0 amide bonds. The summed E-state index contributed by atoms with van der Waals surface area (Å²) in [4.78, 5) is 24.8. The molecule has 1 aliphatic rings. The second kappa shape index (κ2) is 5.93. The Morgan fingerprint density at radius 3 is 2.30 bits per heavy atom. The van der Waals surface area contributed by atoms with Crippen LogP contribution in [0.15, 0.2) is 0 Å². The van der Waals surface area contributed by atoms with Crippen LogP contribution in [0, 0.1) is 0 Å². The first-order valence-corrected chi connectivity index (χ1v) is 8.85. The SMILES string of the molecule is CC(C)(C)c1sc2c(c1CCC(=O)O)C(CC(=O)O)CC2(C)C. The second-order valence-corrected chi connectivity index (χ2v) is 9.20. The molecule has 2 rings (SSSR count). The van der Waals surface area contributed by atoms with Gasteiger partial charge in [-0.25, -0.2) is 0 Å². The smallest absolute Gasteiger partial charge is 0.303 e. The van der Waals surface area contributed by atoms with Crippen LogP contribution in [0.3, 0.4) is 0 Å². The number of aliphatic carboxylic acids is 2. The first-order valence-electron chi connectivity index (χ1n) is 8.03. The molecular weight excluding hydrogens is 312 g/mol. The second-order valence-electron chi connectivity index (χ2n) is 8.18. The predicted octanol–water partition coefficient (Wildman–Crippen LogP) is 4.30. The lowest BCUT2D eigenvalue weighted by atomic mass is 9.85. The standard InChI is InChI=1S/C18H26O4S/c1-17(2,3)15-11(6-7-12(19)20)14-10(8-13(21)22)9-18(4,5)16(14)23-15/h10H,6-9H2,1-5H3,(H,19,20)(H,21,22). The summed E-state index contributed by atoms with van der Waals surface area (Å²) in [6, 6.07) is 0. The lowest BCUT2D eigenvalue weighted by Gasteiger charge is -2.23. The van der Waals surface area contributed by atoms with Crippen LogP contribution >= 0.6 is 11.3 Å². The molecule has 0 spiro atoms. The fourth-order valence-electron chi connectivity index (χ4n) is 3.69. The molecule has 0 bridgehead atoms. The topological polar surface area (TPSA) is 74.6 Å². The van der Waals surface area contributed by atoms with E-state index in [0.717, 1.165) is 17.5 Å². The highest BCUT2D eigenvalue weighted by Crippen LogP contribution is 2.55. The van der Waals surface area contributed by atoms with E-state index in [0.29, 0.717) is 6.42 Å². The van der Waals surface area contributed by atoms with Gasteiger partial charge in [-0.05, 0) is 40.7 Å². The molecule has 0 aromatic carbocycles. The molecule has 5 heteroatoms. The third-order valence-corrected chi connectivity index (χ3v) is 6.56. The van der Waals surface area contributed by atoms with Crippen molar-refractivity contribution in [1.82, 2.24) is 0 Å². The van der Waals surface area contributed by atoms with Crippen LogP contribution in [-0.4, -0.2) is 22.2 Å². The van der Waals surface area contributed by atoms with Gasteiger partial charge in [-0.2, -0.15) is 0 Å². The van der Waals surface area contributed by atoms with E-state index in [-0.39, 0.29) is 29.6 Å². The lowest BCUT2D eigenvalue weighted by molar-refractivity contribution is -0.138. The normalized spacial score (nSPS) is 19.6. The Labute approximate surface area is 141 Å².